The van der Waals surface area contributed by atoms with Crippen molar-refractivity contribution in [3.63, 3.8) is 0 Å². The highest BCUT2D eigenvalue weighted by atomic mass is 35.5. The molecule has 12 nitrogen and oxygen atoms in total. The molecule has 5 rings (SSSR count). The topological polar surface area (TPSA) is 135 Å². The van der Waals surface area contributed by atoms with Gasteiger partial charge in [0.15, 0.2) is 0 Å². The van der Waals surface area contributed by atoms with Gasteiger partial charge in [-0.3, -0.25) is 9.67 Å². The van der Waals surface area contributed by atoms with Crippen LogP contribution in [0.5, 0.6) is 5.75 Å². The van der Waals surface area contributed by atoms with Crippen molar-refractivity contribution in [2.45, 2.75) is 13.2 Å². The maximum Gasteiger partial charge on any atom is 0.261 e. The fourth-order valence-corrected chi connectivity index (χ4v) is 3.19. The molecule has 0 bridgehead atoms. The average Bonchev–Trinajstić information content (AvgIpc) is 3.54. The maximum atomic E-state index is 5.92. The van der Waals surface area contributed by atoms with E-state index in [9.17, 15) is 0 Å². The molecule has 5 heterocycles. The molecule has 0 spiro atoms. The quantitative estimate of drug-likeness (QED) is 0.339. The Kier molecular flexibility index (Phi) is 5.25. The standard InChI is InChI=1S/C19H15ClN10O2/c1-29-16(10-31-14-2-3-22-17(20)5-14)15(8-24-29)19-25-18(26-32-19)13-4-12(6-21-7-13)9-30-11-23-27-28-30/h2-8,11H,9-10H2,1H3. The third kappa shape index (κ3) is 4.16. The number of ether oxygens (including phenoxy) is 1. The summed E-state index contributed by atoms with van der Waals surface area (Å²) in [4.78, 5) is 12.7. The van der Waals surface area contributed by atoms with Crippen LogP contribution in [0.3, 0.4) is 0 Å². The number of tetrazole rings is 1. The summed E-state index contributed by atoms with van der Waals surface area (Å²) in [6.45, 7) is 0.703. The van der Waals surface area contributed by atoms with E-state index < -0.39 is 0 Å². The number of rotatable bonds is 7. The Bertz CT molecular complexity index is 1350. The molecular formula is C19H15ClN10O2. The van der Waals surface area contributed by atoms with Crippen LogP contribution in [-0.4, -0.2) is 50.1 Å². The zero-order chi connectivity index (χ0) is 21.9. The normalized spacial score (nSPS) is 11.1. The molecule has 0 radical (unpaired) electrons. The van der Waals surface area contributed by atoms with Crippen molar-refractivity contribution in [3.05, 3.63) is 65.7 Å². The second kappa shape index (κ2) is 8.51. The largest absolute Gasteiger partial charge is 0.487 e. The Morgan fingerprint density at radius 2 is 2.12 bits per heavy atom. The predicted molar refractivity (Wildman–Crippen MR) is 110 cm³/mol. The van der Waals surface area contributed by atoms with Crippen molar-refractivity contribution in [3.8, 4) is 28.6 Å². The van der Waals surface area contributed by atoms with Crippen LogP contribution in [0.1, 0.15) is 11.3 Å². The number of nitrogens with zero attached hydrogens (tertiary/aromatic N) is 10. The Labute approximate surface area is 185 Å². The van der Waals surface area contributed by atoms with E-state index in [4.69, 9.17) is 20.9 Å². The first-order valence-electron chi connectivity index (χ1n) is 9.40. The Hall–Kier alpha value is -4.19. The number of hydrogen-bond acceptors (Lipinski definition) is 10. The smallest absolute Gasteiger partial charge is 0.261 e. The van der Waals surface area contributed by atoms with Crippen LogP contribution in [0.25, 0.3) is 22.8 Å². The van der Waals surface area contributed by atoms with Crippen molar-refractivity contribution >= 4 is 11.6 Å². The molecule has 0 N–H and O–H groups in total. The van der Waals surface area contributed by atoms with E-state index in [1.807, 2.05) is 13.1 Å². The van der Waals surface area contributed by atoms with E-state index >= 15 is 0 Å². The van der Waals surface area contributed by atoms with Crippen LogP contribution < -0.4 is 4.74 Å². The van der Waals surface area contributed by atoms with Crippen molar-refractivity contribution in [1.29, 1.82) is 0 Å². The highest BCUT2D eigenvalue weighted by Gasteiger charge is 2.19. The van der Waals surface area contributed by atoms with Gasteiger partial charge in [-0.1, -0.05) is 16.8 Å². The van der Waals surface area contributed by atoms with Crippen LogP contribution in [0.4, 0.5) is 0 Å². The van der Waals surface area contributed by atoms with E-state index in [-0.39, 0.29) is 6.61 Å². The van der Waals surface area contributed by atoms with Crippen molar-refractivity contribution in [1.82, 2.24) is 50.1 Å². The summed E-state index contributed by atoms with van der Waals surface area (Å²) in [7, 11) is 1.81. The molecule has 160 valence electrons. The van der Waals surface area contributed by atoms with Crippen LogP contribution in [-0.2, 0) is 20.2 Å². The molecule has 0 atom stereocenters. The average molecular weight is 451 g/mol. The summed E-state index contributed by atoms with van der Waals surface area (Å²) in [6, 6.07) is 5.27. The zero-order valence-corrected chi connectivity index (χ0v) is 17.5. The van der Waals surface area contributed by atoms with Crippen molar-refractivity contribution in [2.75, 3.05) is 0 Å². The Morgan fingerprint density at radius 3 is 2.97 bits per heavy atom. The first-order chi connectivity index (χ1) is 15.7. The van der Waals surface area contributed by atoms with Gasteiger partial charge in [0.1, 0.15) is 23.8 Å². The molecule has 13 heteroatoms. The first-order valence-corrected chi connectivity index (χ1v) is 9.78. The van der Waals surface area contributed by atoms with Gasteiger partial charge in [0.05, 0.1) is 24.0 Å². The summed E-state index contributed by atoms with van der Waals surface area (Å²) < 4.78 is 14.6. The van der Waals surface area contributed by atoms with Gasteiger partial charge in [0.2, 0.25) is 5.82 Å². The second-order valence-electron chi connectivity index (χ2n) is 6.74. The number of hydrogen-bond donors (Lipinski definition) is 0. The van der Waals surface area contributed by atoms with Gasteiger partial charge >= 0.3 is 0 Å². The minimum Gasteiger partial charge on any atom is -0.487 e. The number of halogens is 1. The van der Waals surface area contributed by atoms with E-state index in [0.29, 0.717) is 40.3 Å². The molecular weight excluding hydrogens is 436 g/mol. The minimum absolute atomic E-state index is 0.229. The highest BCUT2D eigenvalue weighted by molar-refractivity contribution is 6.29. The number of aryl methyl sites for hydroxylation is 1. The van der Waals surface area contributed by atoms with Gasteiger partial charge in [-0.2, -0.15) is 10.1 Å². The molecule has 0 unspecified atom stereocenters. The van der Waals surface area contributed by atoms with E-state index in [2.05, 4.69) is 40.7 Å². The van der Waals surface area contributed by atoms with Gasteiger partial charge in [0.25, 0.3) is 5.89 Å². The predicted octanol–water partition coefficient (Wildman–Crippen LogP) is 2.19. The van der Waals surface area contributed by atoms with E-state index in [1.165, 1.54) is 6.33 Å². The molecule has 0 saturated heterocycles. The molecule has 0 aliphatic carbocycles. The molecule has 5 aromatic rings. The second-order valence-corrected chi connectivity index (χ2v) is 7.13. The Balaban J connectivity index is 1.37. The molecule has 0 amide bonds. The molecule has 5 aromatic heterocycles. The van der Waals surface area contributed by atoms with Gasteiger partial charge in [-0.15, -0.1) is 5.10 Å². The number of aromatic nitrogens is 10. The lowest BCUT2D eigenvalue weighted by Crippen LogP contribution is -2.04. The number of pyridine rings is 2. The van der Waals surface area contributed by atoms with Gasteiger partial charge in [-0.05, 0) is 28.1 Å². The van der Waals surface area contributed by atoms with Gasteiger partial charge in [0, 0.05) is 37.3 Å². The molecule has 0 aliphatic rings. The third-order valence-corrected chi connectivity index (χ3v) is 4.79. The lowest BCUT2D eigenvalue weighted by atomic mass is 10.2. The lowest BCUT2D eigenvalue weighted by molar-refractivity contribution is 0.294. The summed E-state index contributed by atoms with van der Waals surface area (Å²) in [5.41, 5.74) is 3.04. The molecule has 32 heavy (non-hydrogen) atoms. The molecule has 0 aliphatic heterocycles. The third-order valence-electron chi connectivity index (χ3n) is 4.58. The monoisotopic (exact) mass is 450 g/mol. The summed E-state index contributed by atoms with van der Waals surface area (Å²) >= 11 is 5.92. The van der Waals surface area contributed by atoms with E-state index in [0.717, 1.165) is 11.3 Å². The molecule has 0 fully saturated rings. The van der Waals surface area contributed by atoms with Crippen LogP contribution in [0.2, 0.25) is 5.15 Å². The summed E-state index contributed by atoms with van der Waals surface area (Å²) in [5.74, 6) is 1.32. The van der Waals surface area contributed by atoms with E-state index in [1.54, 1.807) is 46.3 Å². The van der Waals surface area contributed by atoms with Crippen LogP contribution in [0.15, 0.2) is 53.8 Å². The molecule has 0 saturated carbocycles. The van der Waals surface area contributed by atoms with Crippen LogP contribution >= 0.6 is 11.6 Å². The zero-order valence-electron chi connectivity index (χ0n) is 16.7. The summed E-state index contributed by atoms with van der Waals surface area (Å²) in [6.07, 6.45) is 8.16. The fourth-order valence-electron chi connectivity index (χ4n) is 3.03. The Morgan fingerprint density at radius 1 is 1.19 bits per heavy atom. The van der Waals surface area contributed by atoms with Crippen molar-refractivity contribution in [2.24, 2.45) is 7.05 Å². The van der Waals surface area contributed by atoms with Crippen molar-refractivity contribution < 1.29 is 9.26 Å². The first kappa shape index (κ1) is 19.8. The fraction of sp³-hybridized carbons (Fsp3) is 0.158. The SMILES string of the molecule is Cn1ncc(-c2nc(-c3cncc(Cn4cnnn4)c3)no2)c1COc1ccnc(Cl)c1. The van der Waals surface area contributed by atoms with Gasteiger partial charge in [-0.25, -0.2) is 9.67 Å². The van der Waals surface area contributed by atoms with Gasteiger partial charge < -0.3 is 9.26 Å². The highest BCUT2D eigenvalue weighted by Crippen LogP contribution is 2.26. The van der Waals surface area contributed by atoms with Crippen LogP contribution in [0, 0.1) is 0 Å². The minimum atomic E-state index is 0.229. The lowest BCUT2D eigenvalue weighted by Gasteiger charge is -2.07. The summed E-state index contributed by atoms with van der Waals surface area (Å²) in [5, 5.41) is 19.9. The molecule has 0 aromatic carbocycles. The maximum absolute atomic E-state index is 5.92.